The lowest BCUT2D eigenvalue weighted by Gasteiger charge is -2.22. The van der Waals surface area contributed by atoms with Crippen molar-refractivity contribution in [2.45, 2.75) is 27.2 Å². The predicted octanol–water partition coefficient (Wildman–Crippen LogP) is 2.75. The topological polar surface area (TPSA) is 35.2 Å². The smallest absolute Gasteiger partial charge is 0.122 e. The number of benzene rings is 1. The van der Waals surface area contributed by atoms with Crippen molar-refractivity contribution in [2.24, 2.45) is 11.1 Å². The van der Waals surface area contributed by atoms with Crippen LogP contribution in [-0.4, -0.2) is 13.2 Å². The van der Waals surface area contributed by atoms with Crippen LogP contribution in [-0.2, 0) is 0 Å². The van der Waals surface area contributed by atoms with Crippen molar-refractivity contribution in [1.29, 1.82) is 0 Å². The molecule has 2 heteroatoms. The molecule has 1 rings (SSSR count). The number of nitrogens with two attached hydrogens (primary N) is 1. The third kappa shape index (κ3) is 3.92. The van der Waals surface area contributed by atoms with Gasteiger partial charge in [-0.05, 0) is 36.9 Å². The monoisotopic (exact) mass is 207 g/mol. The Morgan fingerprint density at radius 2 is 1.93 bits per heavy atom. The van der Waals surface area contributed by atoms with E-state index >= 15 is 0 Å². The minimum Gasteiger partial charge on any atom is -0.493 e. The van der Waals surface area contributed by atoms with E-state index in [0.29, 0.717) is 6.54 Å². The Morgan fingerprint density at radius 3 is 2.53 bits per heavy atom. The van der Waals surface area contributed by atoms with E-state index < -0.39 is 0 Å². The lowest BCUT2D eigenvalue weighted by Crippen LogP contribution is -2.25. The maximum atomic E-state index is 5.72. The molecule has 2 N–H and O–H groups in total. The van der Waals surface area contributed by atoms with E-state index in [-0.39, 0.29) is 5.41 Å². The maximum Gasteiger partial charge on any atom is 0.122 e. The molecule has 0 heterocycles. The third-order valence-electron chi connectivity index (χ3n) is 2.68. The lowest BCUT2D eigenvalue weighted by atomic mass is 9.90. The Bertz CT molecular complexity index is 307. The van der Waals surface area contributed by atoms with Crippen LogP contribution in [0.25, 0.3) is 0 Å². The molecule has 0 bridgehead atoms. The molecule has 0 radical (unpaired) electrons. The first-order valence-corrected chi connectivity index (χ1v) is 5.44. The first-order chi connectivity index (χ1) is 7.05. The van der Waals surface area contributed by atoms with Crippen LogP contribution in [0.5, 0.6) is 5.75 Å². The summed E-state index contributed by atoms with van der Waals surface area (Å²) >= 11 is 0. The summed E-state index contributed by atoms with van der Waals surface area (Å²) in [6.07, 6.45) is 0.984. The van der Waals surface area contributed by atoms with Crippen LogP contribution in [0.3, 0.4) is 0 Å². The molecule has 2 nitrogen and oxygen atoms in total. The number of rotatable bonds is 5. The van der Waals surface area contributed by atoms with Gasteiger partial charge in [0.25, 0.3) is 0 Å². The van der Waals surface area contributed by atoms with E-state index in [2.05, 4.69) is 26.8 Å². The molecule has 1 aromatic carbocycles. The highest BCUT2D eigenvalue weighted by Crippen LogP contribution is 2.21. The van der Waals surface area contributed by atoms with E-state index in [9.17, 15) is 0 Å². The fourth-order valence-electron chi connectivity index (χ4n) is 1.26. The summed E-state index contributed by atoms with van der Waals surface area (Å²) in [4.78, 5) is 0. The van der Waals surface area contributed by atoms with E-state index in [0.717, 1.165) is 18.8 Å². The molecule has 0 aliphatic heterocycles. The van der Waals surface area contributed by atoms with E-state index in [1.54, 1.807) is 0 Å². The highest BCUT2D eigenvalue weighted by molar-refractivity contribution is 5.31. The van der Waals surface area contributed by atoms with Gasteiger partial charge in [-0.1, -0.05) is 32.0 Å². The SMILES string of the molecule is Cc1ccccc1OCCC(C)(C)CN. The van der Waals surface area contributed by atoms with Crippen molar-refractivity contribution in [1.82, 2.24) is 0 Å². The molecule has 0 unspecified atom stereocenters. The number of para-hydroxylation sites is 1. The standard InChI is InChI=1S/C13H21NO/c1-11-6-4-5-7-12(11)15-9-8-13(2,3)10-14/h4-7H,8-10,14H2,1-3H3. The molecule has 0 aliphatic rings. The second-order valence-corrected chi connectivity index (χ2v) is 4.73. The van der Waals surface area contributed by atoms with Crippen molar-refractivity contribution < 1.29 is 4.74 Å². The van der Waals surface area contributed by atoms with Crippen LogP contribution in [0, 0.1) is 12.3 Å². The number of aryl methyl sites for hydroxylation is 1. The van der Waals surface area contributed by atoms with Gasteiger partial charge in [-0.2, -0.15) is 0 Å². The van der Waals surface area contributed by atoms with E-state index in [4.69, 9.17) is 10.5 Å². The quantitative estimate of drug-likeness (QED) is 0.805. The van der Waals surface area contributed by atoms with Crippen LogP contribution in [0.15, 0.2) is 24.3 Å². The minimum absolute atomic E-state index is 0.169. The molecule has 0 saturated heterocycles. The average molecular weight is 207 g/mol. The first kappa shape index (κ1) is 12.1. The summed E-state index contributed by atoms with van der Waals surface area (Å²) in [7, 11) is 0. The summed E-state index contributed by atoms with van der Waals surface area (Å²) in [6.45, 7) is 7.81. The highest BCUT2D eigenvalue weighted by atomic mass is 16.5. The normalized spacial score (nSPS) is 11.5. The van der Waals surface area contributed by atoms with Gasteiger partial charge in [-0.25, -0.2) is 0 Å². The van der Waals surface area contributed by atoms with E-state index in [1.165, 1.54) is 5.56 Å². The summed E-state index contributed by atoms with van der Waals surface area (Å²) < 4.78 is 5.72. The van der Waals surface area contributed by atoms with Crippen molar-refractivity contribution in [3.8, 4) is 5.75 Å². The average Bonchev–Trinajstić information content (AvgIpc) is 2.21. The second-order valence-electron chi connectivity index (χ2n) is 4.73. The molecule has 0 saturated carbocycles. The Kier molecular flexibility index (Phi) is 4.15. The fourth-order valence-corrected chi connectivity index (χ4v) is 1.26. The summed E-state index contributed by atoms with van der Waals surface area (Å²) in [5.74, 6) is 0.977. The molecule has 0 aliphatic carbocycles. The largest absolute Gasteiger partial charge is 0.493 e. The molecule has 0 atom stereocenters. The van der Waals surface area contributed by atoms with Crippen LogP contribution in [0.2, 0.25) is 0 Å². The molecule has 0 spiro atoms. The number of hydrogen-bond acceptors (Lipinski definition) is 2. The van der Waals surface area contributed by atoms with Gasteiger partial charge in [0.05, 0.1) is 6.61 Å². The van der Waals surface area contributed by atoms with Crippen LogP contribution in [0.4, 0.5) is 0 Å². The zero-order valence-electron chi connectivity index (χ0n) is 9.92. The van der Waals surface area contributed by atoms with Crippen LogP contribution < -0.4 is 10.5 Å². The summed E-state index contributed by atoms with van der Waals surface area (Å²) in [6, 6.07) is 8.08. The van der Waals surface area contributed by atoms with Crippen LogP contribution in [0.1, 0.15) is 25.8 Å². The summed E-state index contributed by atoms with van der Waals surface area (Å²) in [5.41, 5.74) is 7.01. The molecule has 1 aromatic rings. The van der Waals surface area contributed by atoms with Gasteiger partial charge in [-0.3, -0.25) is 0 Å². The fraction of sp³-hybridized carbons (Fsp3) is 0.538. The van der Waals surface area contributed by atoms with Crippen LogP contribution >= 0.6 is 0 Å². The number of ether oxygens (including phenoxy) is 1. The third-order valence-corrected chi connectivity index (χ3v) is 2.68. The zero-order chi connectivity index (χ0) is 11.3. The molecule has 0 amide bonds. The van der Waals surface area contributed by atoms with Crippen molar-refractivity contribution in [3.05, 3.63) is 29.8 Å². The van der Waals surface area contributed by atoms with Gasteiger partial charge < -0.3 is 10.5 Å². The summed E-state index contributed by atoms with van der Waals surface area (Å²) in [5, 5.41) is 0. The Labute approximate surface area is 92.4 Å². The first-order valence-electron chi connectivity index (χ1n) is 5.44. The lowest BCUT2D eigenvalue weighted by molar-refractivity contribution is 0.232. The zero-order valence-corrected chi connectivity index (χ0v) is 9.92. The molecular weight excluding hydrogens is 186 g/mol. The molecule has 15 heavy (non-hydrogen) atoms. The second kappa shape index (κ2) is 5.17. The molecule has 0 aromatic heterocycles. The predicted molar refractivity (Wildman–Crippen MR) is 64.1 cm³/mol. The minimum atomic E-state index is 0.169. The van der Waals surface area contributed by atoms with Gasteiger partial charge in [0.2, 0.25) is 0 Å². The molecule has 0 fully saturated rings. The Balaban J connectivity index is 2.42. The van der Waals surface area contributed by atoms with Gasteiger partial charge in [0.15, 0.2) is 0 Å². The maximum absolute atomic E-state index is 5.72. The van der Waals surface area contributed by atoms with Gasteiger partial charge in [0.1, 0.15) is 5.75 Å². The van der Waals surface area contributed by atoms with Crippen molar-refractivity contribution in [3.63, 3.8) is 0 Å². The van der Waals surface area contributed by atoms with Gasteiger partial charge in [-0.15, -0.1) is 0 Å². The van der Waals surface area contributed by atoms with Gasteiger partial charge in [0, 0.05) is 0 Å². The Hall–Kier alpha value is -1.02. The van der Waals surface area contributed by atoms with E-state index in [1.807, 2.05) is 18.2 Å². The molecule has 84 valence electrons. The van der Waals surface area contributed by atoms with Gasteiger partial charge >= 0.3 is 0 Å². The van der Waals surface area contributed by atoms with Crippen molar-refractivity contribution in [2.75, 3.05) is 13.2 Å². The highest BCUT2D eigenvalue weighted by Gasteiger charge is 2.15. The Morgan fingerprint density at radius 1 is 1.27 bits per heavy atom. The van der Waals surface area contributed by atoms with Crippen molar-refractivity contribution >= 4 is 0 Å². The molecular formula is C13H21NO. The number of hydrogen-bond donors (Lipinski definition) is 1.